The molecule has 0 atom stereocenters. The van der Waals surface area contributed by atoms with Gasteiger partial charge in [0.05, 0.1) is 4.90 Å². The molecule has 0 aromatic heterocycles. The van der Waals surface area contributed by atoms with Crippen LogP contribution in [-0.4, -0.2) is 25.8 Å². The standard InChI is InChI=1S/C11H15NO2S3/c13-17(14,12-6-2-1-3-7-12)9-4-5-10(15)11(16)8-9/h4-5,8,15-16H,1-3,6-7H2. The van der Waals surface area contributed by atoms with Crippen LogP contribution in [0.1, 0.15) is 19.3 Å². The van der Waals surface area contributed by atoms with Crippen LogP contribution in [-0.2, 0) is 10.0 Å². The first kappa shape index (κ1) is 13.3. The summed E-state index contributed by atoms with van der Waals surface area (Å²) in [4.78, 5) is 1.58. The molecule has 0 bridgehead atoms. The van der Waals surface area contributed by atoms with E-state index in [4.69, 9.17) is 0 Å². The van der Waals surface area contributed by atoms with Gasteiger partial charge in [-0.25, -0.2) is 8.42 Å². The number of sulfonamides is 1. The summed E-state index contributed by atoms with van der Waals surface area (Å²) in [5, 5.41) is 0. The summed E-state index contributed by atoms with van der Waals surface area (Å²) in [5.41, 5.74) is 0. The SMILES string of the molecule is O=S(=O)(c1ccc(S)c(S)c1)N1CCCCC1. The monoisotopic (exact) mass is 289 g/mol. The van der Waals surface area contributed by atoms with Crippen molar-refractivity contribution in [2.24, 2.45) is 0 Å². The van der Waals surface area contributed by atoms with Gasteiger partial charge in [0.1, 0.15) is 0 Å². The summed E-state index contributed by atoms with van der Waals surface area (Å²) in [6.07, 6.45) is 2.99. The van der Waals surface area contributed by atoms with Gasteiger partial charge >= 0.3 is 0 Å². The van der Waals surface area contributed by atoms with Crippen molar-refractivity contribution in [2.75, 3.05) is 13.1 Å². The van der Waals surface area contributed by atoms with Gasteiger partial charge in [-0.1, -0.05) is 6.42 Å². The highest BCUT2D eigenvalue weighted by atomic mass is 32.2. The third kappa shape index (κ3) is 2.81. The zero-order valence-corrected chi connectivity index (χ0v) is 11.9. The zero-order valence-electron chi connectivity index (χ0n) is 9.33. The summed E-state index contributed by atoms with van der Waals surface area (Å²) in [5.74, 6) is 0. The topological polar surface area (TPSA) is 37.4 Å². The molecule has 3 nitrogen and oxygen atoms in total. The van der Waals surface area contributed by atoms with Crippen LogP contribution in [0, 0.1) is 0 Å². The Labute approximate surface area is 113 Å². The van der Waals surface area contributed by atoms with Crippen molar-refractivity contribution >= 4 is 35.3 Å². The van der Waals surface area contributed by atoms with E-state index in [2.05, 4.69) is 25.3 Å². The highest BCUT2D eigenvalue weighted by Crippen LogP contribution is 2.25. The molecule has 6 heteroatoms. The van der Waals surface area contributed by atoms with Gasteiger partial charge in [-0.15, -0.1) is 25.3 Å². The third-order valence-electron chi connectivity index (χ3n) is 2.90. The molecule has 0 aliphatic carbocycles. The Morgan fingerprint density at radius 1 is 1.00 bits per heavy atom. The molecule has 2 rings (SSSR count). The average molecular weight is 289 g/mol. The first-order chi connectivity index (χ1) is 8.01. The van der Waals surface area contributed by atoms with Gasteiger partial charge < -0.3 is 0 Å². The Balaban J connectivity index is 2.33. The Morgan fingerprint density at radius 3 is 2.24 bits per heavy atom. The predicted molar refractivity (Wildman–Crippen MR) is 73.6 cm³/mol. The lowest BCUT2D eigenvalue weighted by atomic mass is 10.2. The largest absolute Gasteiger partial charge is 0.243 e. The quantitative estimate of drug-likeness (QED) is 0.821. The number of benzene rings is 1. The maximum atomic E-state index is 12.3. The second-order valence-corrected chi connectivity index (χ2v) is 7.02. The van der Waals surface area contributed by atoms with Crippen LogP contribution in [0.2, 0.25) is 0 Å². The van der Waals surface area contributed by atoms with Crippen LogP contribution in [0.5, 0.6) is 0 Å². The maximum Gasteiger partial charge on any atom is 0.243 e. The molecule has 17 heavy (non-hydrogen) atoms. The first-order valence-electron chi connectivity index (χ1n) is 5.54. The fourth-order valence-corrected chi connectivity index (χ4v) is 3.90. The van der Waals surface area contributed by atoms with E-state index in [0.717, 1.165) is 19.3 Å². The molecule has 1 fully saturated rings. The number of rotatable bonds is 2. The van der Waals surface area contributed by atoms with Crippen molar-refractivity contribution in [3.05, 3.63) is 18.2 Å². The van der Waals surface area contributed by atoms with E-state index in [0.29, 0.717) is 27.8 Å². The Bertz CT molecular complexity index is 507. The van der Waals surface area contributed by atoms with Crippen LogP contribution >= 0.6 is 25.3 Å². The van der Waals surface area contributed by atoms with Gasteiger partial charge in [0.2, 0.25) is 10.0 Å². The Hall–Kier alpha value is -0.170. The van der Waals surface area contributed by atoms with Crippen molar-refractivity contribution in [3.63, 3.8) is 0 Å². The van der Waals surface area contributed by atoms with Crippen molar-refractivity contribution in [1.82, 2.24) is 4.31 Å². The van der Waals surface area contributed by atoms with Crippen molar-refractivity contribution in [1.29, 1.82) is 0 Å². The summed E-state index contributed by atoms with van der Waals surface area (Å²) >= 11 is 8.39. The molecule has 1 aromatic carbocycles. The summed E-state index contributed by atoms with van der Waals surface area (Å²) in [6.45, 7) is 1.24. The molecule has 0 spiro atoms. The number of hydrogen-bond acceptors (Lipinski definition) is 4. The van der Waals surface area contributed by atoms with Gasteiger partial charge in [0, 0.05) is 22.9 Å². The maximum absolute atomic E-state index is 12.3. The first-order valence-corrected chi connectivity index (χ1v) is 7.87. The average Bonchev–Trinajstić information content (AvgIpc) is 2.33. The van der Waals surface area contributed by atoms with Crippen LogP contribution in [0.15, 0.2) is 32.9 Å². The molecule has 0 unspecified atom stereocenters. The van der Waals surface area contributed by atoms with Crippen LogP contribution in [0.25, 0.3) is 0 Å². The molecule has 1 aromatic rings. The van der Waals surface area contributed by atoms with Gasteiger partial charge in [0.15, 0.2) is 0 Å². The van der Waals surface area contributed by atoms with Crippen LogP contribution < -0.4 is 0 Å². The van der Waals surface area contributed by atoms with Gasteiger partial charge in [-0.2, -0.15) is 4.31 Å². The normalized spacial score (nSPS) is 18.2. The molecule has 94 valence electrons. The van der Waals surface area contributed by atoms with E-state index in [1.165, 1.54) is 0 Å². The van der Waals surface area contributed by atoms with Gasteiger partial charge in [-0.05, 0) is 31.0 Å². The van der Waals surface area contributed by atoms with Crippen LogP contribution in [0.3, 0.4) is 0 Å². The zero-order chi connectivity index (χ0) is 12.5. The van der Waals surface area contributed by atoms with E-state index in [1.54, 1.807) is 22.5 Å². The number of hydrogen-bond donors (Lipinski definition) is 2. The number of nitrogens with zero attached hydrogens (tertiary/aromatic N) is 1. The van der Waals surface area contributed by atoms with Crippen molar-refractivity contribution in [2.45, 2.75) is 33.9 Å². The predicted octanol–water partition coefficient (Wildman–Crippen LogP) is 2.44. The van der Waals surface area contributed by atoms with E-state index in [9.17, 15) is 8.42 Å². The molecule has 1 heterocycles. The highest BCUT2D eigenvalue weighted by Gasteiger charge is 2.25. The minimum atomic E-state index is -3.35. The summed E-state index contributed by atoms with van der Waals surface area (Å²) in [6, 6.07) is 4.82. The molecular formula is C11H15NO2S3. The van der Waals surface area contributed by atoms with Crippen molar-refractivity contribution in [3.8, 4) is 0 Å². The third-order valence-corrected chi connectivity index (χ3v) is 5.73. The minimum Gasteiger partial charge on any atom is -0.207 e. The van der Waals surface area contributed by atoms with E-state index in [1.807, 2.05) is 0 Å². The van der Waals surface area contributed by atoms with E-state index < -0.39 is 10.0 Å². The smallest absolute Gasteiger partial charge is 0.207 e. The Morgan fingerprint density at radius 2 is 1.65 bits per heavy atom. The minimum absolute atomic E-state index is 0.308. The molecule has 0 saturated carbocycles. The van der Waals surface area contributed by atoms with E-state index >= 15 is 0 Å². The van der Waals surface area contributed by atoms with Gasteiger partial charge in [-0.3, -0.25) is 0 Å². The lowest BCUT2D eigenvalue weighted by molar-refractivity contribution is 0.346. The summed E-state index contributed by atoms with van der Waals surface area (Å²) < 4.78 is 26.2. The number of thiol groups is 2. The van der Waals surface area contributed by atoms with Crippen LogP contribution in [0.4, 0.5) is 0 Å². The molecule has 0 amide bonds. The molecule has 0 N–H and O–H groups in total. The van der Waals surface area contributed by atoms with E-state index in [-0.39, 0.29) is 0 Å². The highest BCUT2D eigenvalue weighted by molar-refractivity contribution is 7.89. The fourth-order valence-electron chi connectivity index (χ4n) is 1.92. The molecule has 0 radical (unpaired) electrons. The molecular weight excluding hydrogens is 274 g/mol. The molecule has 1 saturated heterocycles. The second kappa shape index (κ2) is 5.22. The fraction of sp³-hybridized carbons (Fsp3) is 0.455. The Kier molecular flexibility index (Phi) is 4.07. The number of piperidine rings is 1. The molecule has 1 aliphatic heterocycles. The lowest BCUT2D eigenvalue weighted by Gasteiger charge is -2.26. The van der Waals surface area contributed by atoms with Crippen molar-refractivity contribution < 1.29 is 8.42 Å². The summed E-state index contributed by atoms with van der Waals surface area (Å²) in [7, 11) is -3.35. The lowest BCUT2D eigenvalue weighted by Crippen LogP contribution is -2.35. The second-order valence-electron chi connectivity index (χ2n) is 4.12. The van der Waals surface area contributed by atoms with Gasteiger partial charge in [0.25, 0.3) is 0 Å². The molecule has 1 aliphatic rings.